The van der Waals surface area contributed by atoms with Gasteiger partial charge in [-0.1, -0.05) is 30.3 Å². The van der Waals surface area contributed by atoms with Crippen LogP contribution in [-0.2, 0) is 6.42 Å². The van der Waals surface area contributed by atoms with E-state index < -0.39 is 0 Å². The van der Waals surface area contributed by atoms with Gasteiger partial charge in [0, 0.05) is 18.6 Å². The Hall–Kier alpha value is -2.53. The van der Waals surface area contributed by atoms with Gasteiger partial charge in [-0.05, 0) is 36.1 Å². The molecule has 0 N–H and O–H groups in total. The Labute approximate surface area is 144 Å². The first-order valence-corrected chi connectivity index (χ1v) is 8.84. The topological polar surface area (TPSA) is 46.1 Å². The van der Waals surface area contributed by atoms with Gasteiger partial charge in [-0.2, -0.15) is 0 Å². The summed E-state index contributed by atoms with van der Waals surface area (Å²) in [7, 11) is 1.87. The molecular formula is C19H17N3OS. The zero-order valence-electron chi connectivity index (χ0n) is 13.3. The van der Waals surface area contributed by atoms with E-state index in [0.29, 0.717) is 5.69 Å². The lowest BCUT2D eigenvalue weighted by molar-refractivity contribution is 0.0725. The highest BCUT2D eigenvalue weighted by Gasteiger charge is 2.29. The number of hydrogen-bond acceptors (Lipinski definition) is 4. The molecule has 3 aromatic rings. The normalized spacial score (nSPS) is 16.0. The number of carbonyl (C=O) groups excluding carboxylic acids is 1. The summed E-state index contributed by atoms with van der Waals surface area (Å²) in [5.74, 6) is -0.0323. The van der Waals surface area contributed by atoms with Crippen molar-refractivity contribution >= 4 is 17.2 Å². The number of rotatable bonds is 3. The van der Waals surface area contributed by atoms with Gasteiger partial charge in [0.25, 0.3) is 5.91 Å². The second kappa shape index (κ2) is 6.17. The number of nitrogens with zero attached hydrogens (tertiary/aromatic N) is 3. The summed E-state index contributed by atoms with van der Waals surface area (Å²) < 4.78 is 0. The van der Waals surface area contributed by atoms with E-state index in [-0.39, 0.29) is 11.9 Å². The molecular weight excluding hydrogens is 318 g/mol. The third-order valence-corrected chi connectivity index (χ3v) is 5.36. The summed E-state index contributed by atoms with van der Waals surface area (Å²) in [4.78, 5) is 23.4. The maximum absolute atomic E-state index is 12.8. The van der Waals surface area contributed by atoms with Crippen molar-refractivity contribution in [2.75, 3.05) is 7.05 Å². The number of fused-ring (bicyclic) bond motifs is 1. The van der Waals surface area contributed by atoms with Gasteiger partial charge < -0.3 is 4.90 Å². The molecule has 1 atom stereocenters. The maximum Gasteiger partial charge on any atom is 0.273 e. The standard InChI is InChI=1S/C19H17N3OS/c1-22(17-10-9-13-6-2-3-7-14(13)17)19(23)16-12-24-18(21-16)15-8-4-5-11-20-15/h2-8,11-12,17H,9-10H2,1H3/t17-/m1/s1. The van der Waals surface area contributed by atoms with Gasteiger partial charge in [-0.3, -0.25) is 9.78 Å². The van der Waals surface area contributed by atoms with E-state index in [1.807, 2.05) is 41.6 Å². The first-order chi connectivity index (χ1) is 11.7. The van der Waals surface area contributed by atoms with Crippen molar-refractivity contribution < 1.29 is 4.79 Å². The number of aromatic nitrogens is 2. The quantitative estimate of drug-likeness (QED) is 0.728. The number of hydrogen-bond donors (Lipinski definition) is 0. The van der Waals surface area contributed by atoms with Crippen molar-refractivity contribution in [3.8, 4) is 10.7 Å². The first kappa shape index (κ1) is 15.0. The molecule has 0 bridgehead atoms. The molecule has 0 saturated heterocycles. The summed E-state index contributed by atoms with van der Waals surface area (Å²) in [6.45, 7) is 0. The average molecular weight is 335 g/mol. The van der Waals surface area contributed by atoms with Crippen LogP contribution in [0.5, 0.6) is 0 Å². The van der Waals surface area contributed by atoms with Gasteiger partial charge in [0.05, 0.1) is 11.7 Å². The summed E-state index contributed by atoms with van der Waals surface area (Å²) in [5.41, 5.74) is 3.89. The molecule has 1 amide bonds. The van der Waals surface area contributed by atoms with Crippen LogP contribution in [-0.4, -0.2) is 27.8 Å². The Balaban J connectivity index is 1.57. The van der Waals surface area contributed by atoms with Crippen molar-refractivity contribution in [2.45, 2.75) is 18.9 Å². The van der Waals surface area contributed by atoms with E-state index in [4.69, 9.17) is 0 Å². The third-order valence-electron chi connectivity index (χ3n) is 4.50. The fourth-order valence-corrected chi connectivity index (χ4v) is 4.01. The van der Waals surface area contributed by atoms with E-state index in [0.717, 1.165) is 23.5 Å². The lowest BCUT2D eigenvalue weighted by Crippen LogP contribution is -2.30. The highest BCUT2D eigenvalue weighted by molar-refractivity contribution is 7.13. The van der Waals surface area contributed by atoms with Crippen molar-refractivity contribution in [1.82, 2.24) is 14.9 Å². The van der Waals surface area contributed by atoms with Crippen LogP contribution >= 0.6 is 11.3 Å². The Bertz CT molecular complexity index is 875. The summed E-state index contributed by atoms with van der Waals surface area (Å²) >= 11 is 1.46. The van der Waals surface area contributed by atoms with E-state index in [1.165, 1.54) is 22.5 Å². The van der Waals surface area contributed by atoms with Crippen LogP contribution < -0.4 is 0 Å². The van der Waals surface area contributed by atoms with Crippen LogP contribution in [0.2, 0.25) is 0 Å². The minimum atomic E-state index is -0.0323. The van der Waals surface area contributed by atoms with Crippen LogP contribution in [0.15, 0.2) is 54.0 Å². The molecule has 2 heterocycles. The molecule has 0 spiro atoms. The summed E-state index contributed by atoms with van der Waals surface area (Å²) in [5, 5.41) is 2.60. The first-order valence-electron chi connectivity index (χ1n) is 7.96. The number of pyridine rings is 1. The van der Waals surface area contributed by atoms with Gasteiger partial charge >= 0.3 is 0 Å². The van der Waals surface area contributed by atoms with Crippen molar-refractivity contribution in [3.05, 3.63) is 70.9 Å². The fourth-order valence-electron chi connectivity index (χ4n) is 3.24. The van der Waals surface area contributed by atoms with Gasteiger partial charge in [0.2, 0.25) is 0 Å². The highest BCUT2D eigenvalue weighted by Crippen LogP contribution is 2.35. The van der Waals surface area contributed by atoms with Crippen LogP contribution in [0.25, 0.3) is 10.7 Å². The van der Waals surface area contributed by atoms with E-state index in [2.05, 4.69) is 28.2 Å². The molecule has 0 radical (unpaired) electrons. The summed E-state index contributed by atoms with van der Waals surface area (Å²) in [6.07, 6.45) is 3.73. The molecule has 5 heteroatoms. The molecule has 1 aromatic carbocycles. The SMILES string of the molecule is CN(C(=O)c1csc(-c2ccccn2)n1)[C@@H]1CCc2ccccc21. The zero-order chi connectivity index (χ0) is 16.5. The molecule has 1 aliphatic carbocycles. The van der Waals surface area contributed by atoms with Gasteiger partial charge in [-0.25, -0.2) is 4.98 Å². The van der Waals surface area contributed by atoms with Crippen molar-refractivity contribution in [3.63, 3.8) is 0 Å². The molecule has 2 aromatic heterocycles. The molecule has 1 aliphatic rings. The maximum atomic E-state index is 12.8. The van der Waals surface area contributed by atoms with Gasteiger partial charge in [-0.15, -0.1) is 11.3 Å². The number of thiazole rings is 1. The molecule has 4 rings (SSSR count). The Morgan fingerprint density at radius 3 is 2.88 bits per heavy atom. The summed E-state index contributed by atoms with van der Waals surface area (Å²) in [6, 6.07) is 14.2. The van der Waals surface area contributed by atoms with E-state index in [1.54, 1.807) is 6.20 Å². The smallest absolute Gasteiger partial charge is 0.273 e. The Kier molecular flexibility index (Phi) is 3.86. The predicted octanol–water partition coefficient (Wildman–Crippen LogP) is 3.96. The second-order valence-electron chi connectivity index (χ2n) is 5.92. The molecule has 0 aliphatic heterocycles. The molecule has 4 nitrogen and oxygen atoms in total. The molecule has 0 fully saturated rings. The lowest BCUT2D eigenvalue weighted by atomic mass is 10.1. The minimum absolute atomic E-state index is 0.0323. The van der Waals surface area contributed by atoms with Crippen LogP contribution in [0.1, 0.15) is 34.1 Å². The Morgan fingerprint density at radius 2 is 2.04 bits per heavy atom. The average Bonchev–Trinajstić information content (AvgIpc) is 3.28. The molecule has 0 unspecified atom stereocenters. The molecule has 120 valence electrons. The number of benzene rings is 1. The fraction of sp³-hybridized carbons (Fsp3) is 0.211. The van der Waals surface area contributed by atoms with Crippen LogP contribution in [0.3, 0.4) is 0 Å². The van der Waals surface area contributed by atoms with Crippen molar-refractivity contribution in [2.24, 2.45) is 0 Å². The minimum Gasteiger partial charge on any atom is -0.333 e. The third kappa shape index (κ3) is 2.61. The Morgan fingerprint density at radius 1 is 1.21 bits per heavy atom. The second-order valence-corrected chi connectivity index (χ2v) is 6.78. The number of carbonyl (C=O) groups is 1. The predicted molar refractivity (Wildman–Crippen MR) is 94.9 cm³/mol. The monoisotopic (exact) mass is 335 g/mol. The lowest BCUT2D eigenvalue weighted by Gasteiger charge is -2.24. The van der Waals surface area contributed by atoms with E-state index >= 15 is 0 Å². The number of aryl methyl sites for hydroxylation is 1. The van der Waals surface area contributed by atoms with Crippen molar-refractivity contribution in [1.29, 1.82) is 0 Å². The van der Waals surface area contributed by atoms with E-state index in [9.17, 15) is 4.79 Å². The molecule has 24 heavy (non-hydrogen) atoms. The van der Waals surface area contributed by atoms with Gasteiger partial charge in [0.15, 0.2) is 0 Å². The van der Waals surface area contributed by atoms with Crippen LogP contribution in [0.4, 0.5) is 0 Å². The van der Waals surface area contributed by atoms with Crippen LogP contribution in [0, 0.1) is 0 Å². The number of amides is 1. The molecule has 0 saturated carbocycles. The highest BCUT2D eigenvalue weighted by atomic mass is 32.1. The van der Waals surface area contributed by atoms with Gasteiger partial charge in [0.1, 0.15) is 10.7 Å². The zero-order valence-corrected chi connectivity index (χ0v) is 14.2. The largest absolute Gasteiger partial charge is 0.333 e.